The Labute approximate surface area is 120 Å². The summed E-state index contributed by atoms with van der Waals surface area (Å²) >= 11 is 0. The zero-order valence-electron chi connectivity index (χ0n) is 11.0. The summed E-state index contributed by atoms with van der Waals surface area (Å²) in [5, 5.41) is 4.34. The molecule has 4 aromatic rings. The molecule has 0 atom stereocenters. The van der Waals surface area contributed by atoms with Crippen molar-refractivity contribution in [2.75, 3.05) is 6.79 Å². The maximum atomic E-state index is 5.49. The monoisotopic (exact) mass is 274 g/mol. The van der Waals surface area contributed by atoms with E-state index in [9.17, 15) is 0 Å². The zero-order chi connectivity index (χ0) is 13.8. The van der Waals surface area contributed by atoms with Crippen molar-refractivity contribution in [3.8, 4) is 11.5 Å². The largest absolute Gasteiger partial charge is 0.454 e. The van der Waals surface area contributed by atoms with E-state index in [0.29, 0.717) is 0 Å². The predicted octanol–water partition coefficient (Wildman–Crippen LogP) is 3.66. The van der Waals surface area contributed by atoms with E-state index in [2.05, 4.69) is 22.1 Å². The van der Waals surface area contributed by atoms with E-state index >= 15 is 0 Å². The molecular weight excluding hydrogens is 264 g/mol. The van der Waals surface area contributed by atoms with Gasteiger partial charge < -0.3 is 9.47 Å². The molecule has 1 aliphatic rings. The number of ether oxygens (including phenoxy) is 2. The van der Waals surface area contributed by atoms with Crippen molar-refractivity contribution >= 4 is 32.6 Å². The molecule has 0 aliphatic carbocycles. The van der Waals surface area contributed by atoms with Crippen LogP contribution in [0.3, 0.4) is 0 Å². The Hall–Kier alpha value is -2.88. The summed E-state index contributed by atoms with van der Waals surface area (Å²) in [4.78, 5) is 9.01. The average molecular weight is 274 g/mol. The molecule has 0 N–H and O–H groups in total. The second-order valence-corrected chi connectivity index (χ2v) is 5.08. The molecule has 21 heavy (non-hydrogen) atoms. The zero-order valence-corrected chi connectivity index (χ0v) is 11.0. The van der Waals surface area contributed by atoms with Crippen LogP contribution in [0.2, 0.25) is 0 Å². The molecule has 2 aromatic carbocycles. The highest BCUT2D eigenvalue weighted by Crippen LogP contribution is 2.38. The van der Waals surface area contributed by atoms with Gasteiger partial charge in [0, 0.05) is 28.6 Å². The highest BCUT2D eigenvalue weighted by Gasteiger charge is 2.16. The van der Waals surface area contributed by atoms with E-state index in [0.717, 1.165) is 44.1 Å². The summed E-state index contributed by atoms with van der Waals surface area (Å²) in [5.74, 6) is 1.58. The van der Waals surface area contributed by atoms with E-state index in [1.54, 1.807) is 6.20 Å². The minimum atomic E-state index is 0.282. The topological polar surface area (TPSA) is 44.2 Å². The standard InChI is InChI=1S/C17H10N2O2/c1-2-12-14(18-5-1)4-3-11-13-7-16-15(20-9-21-16)6-10(13)8-19-17(11)12/h1-8H,9H2. The highest BCUT2D eigenvalue weighted by molar-refractivity contribution is 6.14. The first kappa shape index (κ1) is 10.9. The van der Waals surface area contributed by atoms with Gasteiger partial charge in [0.1, 0.15) is 0 Å². The van der Waals surface area contributed by atoms with Crippen LogP contribution in [0.4, 0.5) is 0 Å². The van der Waals surface area contributed by atoms with Crippen molar-refractivity contribution in [2.45, 2.75) is 0 Å². The Morgan fingerprint density at radius 3 is 2.71 bits per heavy atom. The van der Waals surface area contributed by atoms with E-state index < -0.39 is 0 Å². The van der Waals surface area contributed by atoms with Gasteiger partial charge in [-0.1, -0.05) is 0 Å². The molecule has 100 valence electrons. The second kappa shape index (κ2) is 3.82. The molecule has 4 heteroatoms. The normalized spacial score (nSPS) is 13.3. The number of pyridine rings is 2. The first-order chi connectivity index (χ1) is 10.4. The molecule has 0 spiro atoms. The van der Waals surface area contributed by atoms with Crippen molar-refractivity contribution in [1.29, 1.82) is 0 Å². The maximum absolute atomic E-state index is 5.49. The lowest BCUT2D eigenvalue weighted by Crippen LogP contribution is -1.92. The van der Waals surface area contributed by atoms with Gasteiger partial charge in [-0.05, 0) is 41.8 Å². The van der Waals surface area contributed by atoms with Crippen LogP contribution in [0.15, 0.2) is 48.8 Å². The SMILES string of the molecule is c1cnc2ccc3c4cc5c(cc4cnc3c2c1)OCO5. The fraction of sp³-hybridized carbons (Fsp3) is 0.0588. The van der Waals surface area contributed by atoms with Gasteiger partial charge >= 0.3 is 0 Å². The van der Waals surface area contributed by atoms with Crippen LogP contribution in [-0.2, 0) is 0 Å². The molecule has 5 rings (SSSR count). The molecule has 0 bridgehead atoms. The van der Waals surface area contributed by atoms with Gasteiger partial charge in [0.15, 0.2) is 11.5 Å². The molecule has 0 saturated carbocycles. The van der Waals surface area contributed by atoms with E-state index in [-0.39, 0.29) is 6.79 Å². The Morgan fingerprint density at radius 1 is 0.857 bits per heavy atom. The highest BCUT2D eigenvalue weighted by atomic mass is 16.7. The summed E-state index contributed by atoms with van der Waals surface area (Å²) in [6.45, 7) is 0.282. The van der Waals surface area contributed by atoms with Crippen LogP contribution in [0.5, 0.6) is 11.5 Å². The van der Waals surface area contributed by atoms with Crippen LogP contribution in [-0.4, -0.2) is 16.8 Å². The third-order valence-corrected chi connectivity index (χ3v) is 3.92. The van der Waals surface area contributed by atoms with Gasteiger partial charge in [-0.3, -0.25) is 9.97 Å². The summed E-state index contributed by atoms with van der Waals surface area (Å²) in [5.41, 5.74) is 1.92. The summed E-state index contributed by atoms with van der Waals surface area (Å²) in [7, 11) is 0. The molecule has 3 heterocycles. The van der Waals surface area contributed by atoms with E-state index in [1.165, 1.54) is 0 Å². The quantitative estimate of drug-likeness (QED) is 0.459. The number of fused-ring (bicyclic) bond motifs is 6. The third-order valence-electron chi connectivity index (χ3n) is 3.92. The minimum absolute atomic E-state index is 0.282. The van der Waals surface area contributed by atoms with E-state index in [1.807, 2.05) is 30.5 Å². The van der Waals surface area contributed by atoms with Crippen LogP contribution >= 0.6 is 0 Å². The molecule has 2 aromatic heterocycles. The van der Waals surface area contributed by atoms with Gasteiger partial charge in [-0.2, -0.15) is 0 Å². The van der Waals surface area contributed by atoms with Crippen LogP contribution < -0.4 is 9.47 Å². The minimum Gasteiger partial charge on any atom is -0.454 e. The fourth-order valence-corrected chi connectivity index (χ4v) is 2.93. The van der Waals surface area contributed by atoms with Gasteiger partial charge in [-0.25, -0.2) is 0 Å². The predicted molar refractivity (Wildman–Crippen MR) is 80.7 cm³/mol. The van der Waals surface area contributed by atoms with Crippen molar-refractivity contribution < 1.29 is 9.47 Å². The van der Waals surface area contributed by atoms with Crippen molar-refractivity contribution in [3.05, 3.63) is 48.8 Å². The Balaban J connectivity index is 1.98. The van der Waals surface area contributed by atoms with Crippen molar-refractivity contribution in [2.24, 2.45) is 0 Å². The van der Waals surface area contributed by atoms with Crippen LogP contribution in [0.1, 0.15) is 0 Å². The summed E-state index contributed by atoms with van der Waals surface area (Å²) in [6, 6.07) is 12.1. The molecule has 0 saturated heterocycles. The molecule has 4 nitrogen and oxygen atoms in total. The first-order valence-electron chi connectivity index (χ1n) is 6.76. The molecule has 0 unspecified atom stereocenters. The molecule has 0 radical (unpaired) electrons. The van der Waals surface area contributed by atoms with Gasteiger partial charge in [-0.15, -0.1) is 0 Å². The van der Waals surface area contributed by atoms with Gasteiger partial charge in [0.2, 0.25) is 6.79 Å². The van der Waals surface area contributed by atoms with Crippen LogP contribution in [0.25, 0.3) is 32.6 Å². The van der Waals surface area contributed by atoms with E-state index in [4.69, 9.17) is 9.47 Å². The van der Waals surface area contributed by atoms with Gasteiger partial charge in [0.25, 0.3) is 0 Å². The third kappa shape index (κ3) is 1.44. The Bertz CT molecular complexity index is 1030. The van der Waals surface area contributed by atoms with Crippen molar-refractivity contribution in [1.82, 2.24) is 9.97 Å². The number of aromatic nitrogens is 2. The lowest BCUT2D eigenvalue weighted by atomic mass is 10.0. The average Bonchev–Trinajstić information content (AvgIpc) is 2.99. The van der Waals surface area contributed by atoms with Gasteiger partial charge in [0.05, 0.1) is 11.0 Å². The molecule has 1 aliphatic heterocycles. The first-order valence-corrected chi connectivity index (χ1v) is 6.76. The number of nitrogens with zero attached hydrogens (tertiary/aromatic N) is 2. The summed E-state index contributed by atoms with van der Waals surface area (Å²) < 4.78 is 10.9. The molecule has 0 fully saturated rings. The number of hydrogen-bond donors (Lipinski definition) is 0. The molecule has 0 amide bonds. The second-order valence-electron chi connectivity index (χ2n) is 5.08. The summed E-state index contributed by atoms with van der Waals surface area (Å²) in [6.07, 6.45) is 3.68. The number of rotatable bonds is 0. The lowest BCUT2D eigenvalue weighted by Gasteiger charge is -2.07. The smallest absolute Gasteiger partial charge is 0.231 e. The number of hydrogen-bond acceptors (Lipinski definition) is 4. The number of benzene rings is 2. The lowest BCUT2D eigenvalue weighted by molar-refractivity contribution is 0.174. The maximum Gasteiger partial charge on any atom is 0.231 e. The Morgan fingerprint density at radius 2 is 1.76 bits per heavy atom. The van der Waals surface area contributed by atoms with Crippen LogP contribution in [0, 0.1) is 0 Å². The molecular formula is C17H10N2O2. The van der Waals surface area contributed by atoms with Crippen molar-refractivity contribution in [3.63, 3.8) is 0 Å². The fourth-order valence-electron chi connectivity index (χ4n) is 2.93. The Kier molecular flexibility index (Phi) is 1.98.